The second-order valence-corrected chi connectivity index (χ2v) is 15.5. The number of hydrogen-bond donors (Lipinski definition) is 0. The van der Waals surface area contributed by atoms with Crippen LogP contribution in [0, 0.1) is 0 Å². The summed E-state index contributed by atoms with van der Waals surface area (Å²) in [4.78, 5) is 5.41. The maximum absolute atomic E-state index is 14.3. The van der Waals surface area contributed by atoms with E-state index in [1.807, 2.05) is 24.3 Å². The zero-order valence-corrected chi connectivity index (χ0v) is 31.4. The first kappa shape index (κ1) is 34.1. The van der Waals surface area contributed by atoms with Crippen LogP contribution in [-0.2, 0) is 6.18 Å². The molecule has 8 aromatic carbocycles. The molecule has 3 nitrogen and oxygen atoms in total. The molecule has 10 rings (SSSR count). The third kappa shape index (κ3) is 5.30. The SMILES string of the molecule is CC(C)c1cc(-c2ccccc2)cc(C(C)C)c1-n1c(-c2ccc3oc4cc5cc(C(F)(F)F)c6ccccc6c5cc4c3c2)nc2ccc3ccccc3c21. The maximum atomic E-state index is 14.3. The maximum Gasteiger partial charge on any atom is 0.417 e. The molecule has 0 saturated heterocycles. The molecule has 0 radical (unpaired) electrons. The summed E-state index contributed by atoms with van der Waals surface area (Å²) in [6.45, 7) is 9.02. The summed E-state index contributed by atoms with van der Waals surface area (Å²) in [5.41, 5.74) is 9.36. The van der Waals surface area contributed by atoms with Gasteiger partial charge in [-0.1, -0.05) is 113 Å². The number of aromatic nitrogens is 2. The Morgan fingerprint density at radius 2 is 1.18 bits per heavy atom. The highest BCUT2D eigenvalue weighted by molar-refractivity contribution is 6.17. The lowest BCUT2D eigenvalue weighted by atomic mass is 9.88. The minimum atomic E-state index is -4.49. The number of imidazole rings is 1. The molecule has 0 aliphatic heterocycles. The lowest BCUT2D eigenvalue weighted by molar-refractivity contribution is -0.136. The van der Waals surface area contributed by atoms with E-state index in [4.69, 9.17) is 9.40 Å². The van der Waals surface area contributed by atoms with Crippen LogP contribution in [0.5, 0.6) is 0 Å². The van der Waals surface area contributed by atoms with Gasteiger partial charge in [0.2, 0.25) is 0 Å². The van der Waals surface area contributed by atoms with Gasteiger partial charge in [-0.2, -0.15) is 13.2 Å². The molecule has 2 heterocycles. The fourth-order valence-electron chi connectivity index (χ4n) is 8.62. The molecule has 0 spiro atoms. The molecule has 0 saturated carbocycles. The summed E-state index contributed by atoms with van der Waals surface area (Å²) in [5, 5.41) is 5.93. The van der Waals surface area contributed by atoms with Gasteiger partial charge in [0.25, 0.3) is 0 Å². The Bertz CT molecular complexity index is 3160. The molecule has 0 bridgehead atoms. The second kappa shape index (κ2) is 12.6. The van der Waals surface area contributed by atoms with Crippen molar-refractivity contribution in [3.05, 3.63) is 156 Å². The van der Waals surface area contributed by atoms with Gasteiger partial charge < -0.3 is 4.42 Å². The van der Waals surface area contributed by atoms with Gasteiger partial charge in [-0.05, 0) is 116 Å². The van der Waals surface area contributed by atoms with Crippen LogP contribution in [-0.4, -0.2) is 9.55 Å². The van der Waals surface area contributed by atoms with Crippen molar-refractivity contribution < 1.29 is 17.6 Å². The Labute approximate surface area is 321 Å². The van der Waals surface area contributed by atoms with E-state index in [1.54, 1.807) is 30.3 Å². The highest BCUT2D eigenvalue weighted by Crippen LogP contribution is 2.44. The third-order valence-electron chi connectivity index (χ3n) is 11.3. The number of halogens is 3. The van der Waals surface area contributed by atoms with Crippen molar-refractivity contribution in [1.82, 2.24) is 9.55 Å². The summed E-state index contributed by atoms with van der Waals surface area (Å²) in [6, 6.07) is 45.8. The normalized spacial score (nSPS) is 12.5. The van der Waals surface area contributed by atoms with E-state index in [-0.39, 0.29) is 17.2 Å². The number of fused-ring (bicyclic) bond motifs is 9. The van der Waals surface area contributed by atoms with Crippen LogP contribution < -0.4 is 0 Å². The third-order valence-corrected chi connectivity index (χ3v) is 11.3. The van der Waals surface area contributed by atoms with E-state index in [2.05, 4.69) is 111 Å². The Morgan fingerprint density at radius 3 is 1.89 bits per heavy atom. The van der Waals surface area contributed by atoms with E-state index in [9.17, 15) is 13.2 Å². The van der Waals surface area contributed by atoms with Gasteiger partial charge in [0.1, 0.15) is 17.0 Å². The summed E-state index contributed by atoms with van der Waals surface area (Å²) in [5.74, 6) is 1.21. The molecule has 0 aliphatic rings. The lowest BCUT2D eigenvalue weighted by Gasteiger charge is -2.24. The fourth-order valence-corrected chi connectivity index (χ4v) is 8.62. The summed E-state index contributed by atoms with van der Waals surface area (Å²) in [6.07, 6.45) is -4.49. The summed E-state index contributed by atoms with van der Waals surface area (Å²) in [7, 11) is 0. The van der Waals surface area contributed by atoms with E-state index >= 15 is 0 Å². The molecule has 0 amide bonds. The van der Waals surface area contributed by atoms with E-state index in [0.717, 1.165) is 55.0 Å². The smallest absolute Gasteiger partial charge is 0.417 e. The molecule has 10 aromatic rings. The zero-order chi connectivity index (χ0) is 38.5. The molecule has 0 atom stereocenters. The van der Waals surface area contributed by atoms with Gasteiger partial charge in [-0.25, -0.2) is 4.98 Å². The van der Waals surface area contributed by atoms with E-state index in [0.29, 0.717) is 21.9 Å². The Balaban J connectivity index is 1.28. The topological polar surface area (TPSA) is 31.0 Å². The highest BCUT2D eigenvalue weighted by Gasteiger charge is 2.33. The van der Waals surface area contributed by atoms with Crippen LogP contribution in [0.2, 0.25) is 0 Å². The number of nitrogens with zero attached hydrogens (tertiary/aromatic N) is 2. The molecule has 0 fully saturated rings. The zero-order valence-electron chi connectivity index (χ0n) is 31.4. The van der Waals surface area contributed by atoms with Gasteiger partial charge in [0.05, 0.1) is 22.3 Å². The number of rotatable bonds is 5. The van der Waals surface area contributed by atoms with Crippen LogP contribution in [0.4, 0.5) is 13.2 Å². The average molecular weight is 739 g/mol. The average Bonchev–Trinajstić information content (AvgIpc) is 3.77. The highest BCUT2D eigenvalue weighted by atomic mass is 19.4. The number of hydrogen-bond acceptors (Lipinski definition) is 2. The van der Waals surface area contributed by atoms with Crippen molar-refractivity contribution in [2.45, 2.75) is 45.7 Å². The minimum absolute atomic E-state index is 0.182. The first-order valence-corrected chi connectivity index (χ1v) is 19.1. The van der Waals surface area contributed by atoms with Crippen LogP contribution in [0.15, 0.2) is 144 Å². The summed E-state index contributed by atoms with van der Waals surface area (Å²) < 4.78 is 51.5. The van der Waals surface area contributed by atoms with Crippen molar-refractivity contribution in [2.24, 2.45) is 0 Å². The predicted octanol–water partition coefficient (Wildman–Crippen LogP) is 15.0. The Hall–Kier alpha value is -6.40. The standard InChI is InChI=1S/C50H37F3N2O/c1-28(2)38-23-33(30-12-6-5-7-13-30)24-39(29(3)4)47(38)55-48-35-15-9-8-14-31(35)18-20-44(48)54-49(55)32-19-21-45-41(22-32)42-27-40-34(26-46(42)56-45)25-43(50(51,52)53)37-17-11-10-16-36(37)40/h5-29H,1-4H3. The minimum Gasteiger partial charge on any atom is -0.456 e. The largest absolute Gasteiger partial charge is 0.456 e. The molecular formula is C50H37F3N2O. The molecule has 0 aliphatic carbocycles. The van der Waals surface area contributed by atoms with E-state index in [1.165, 1.54) is 28.3 Å². The van der Waals surface area contributed by atoms with Crippen molar-refractivity contribution >= 4 is 65.3 Å². The van der Waals surface area contributed by atoms with Gasteiger partial charge in [-0.15, -0.1) is 0 Å². The first-order chi connectivity index (χ1) is 27.0. The summed E-state index contributed by atoms with van der Waals surface area (Å²) >= 11 is 0. The quantitative estimate of drug-likeness (QED) is 0.165. The molecule has 274 valence electrons. The van der Waals surface area contributed by atoms with Crippen molar-refractivity contribution in [3.63, 3.8) is 0 Å². The first-order valence-electron chi connectivity index (χ1n) is 19.1. The van der Waals surface area contributed by atoms with Crippen molar-refractivity contribution in [1.29, 1.82) is 0 Å². The van der Waals surface area contributed by atoms with Crippen molar-refractivity contribution in [2.75, 3.05) is 0 Å². The molecular weight excluding hydrogens is 702 g/mol. The second-order valence-electron chi connectivity index (χ2n) is 15.5. The van der Waals surface area contributed by atoms with Gasteiger partial charge in [-0.3, -0.25) is 4.57 Å². The van der Waals surface area contributed by atoms with Crippen LogP contribution >= 0.6 is 0 Å². The number of benzene rings is 8. The monoisotopic (exact) mass is 738 g/mol. The molecule has 2 aromatic heterocycles. The Morgan fingerprint density at radius 1 is 0.518 bits per heavy atom. The Kier molecular flexibility index (Phi) is 7.66. The molecule has 6 heteroatoms. The number of furan rings is 1. The number of alkyl halides is 3. The van der Waals surface area contributed by atoms with Crippen molar-refractivity contribution in [3.8, 4) is 28.2 Å². The molecule has 56 heavy (non-hydrogen) atoms. The van der Waals surface area contributed by atoms with Gasteiger partial charge in [0.15, 0.2) is 0 Å². The predicted molar refractivity (Wildman–Crippen MR) is 225 cm³/mol. The fraction of sp³-hybridized carbons (Fsp3) is 0.140. The van der Waals surface area contributed by atoms with Crippen LogP contribution in [0.3, 0.4) is 0 Å². The van der Waals surface area contributed by atoms with E-state index < -0.39 is 11.7 Å². The van der Waals surface area contributed by atoms with Crippen LogP contribution in [0.1, 0.15) is 56.2 Å². The van der Waals surface area contributed by atoms with Gasteiger partial charge >= 0.3 is 6.18 Å². The molecule has 0 N–H and O–H groups in total. The lowest BCUT2D eigenvalue weighted by Crippen LogP contribution is -2.09. The molecule has 0 unspecified atom stereocenters. The van der Waals surface area contributed by atoms with Crippen LogP contribution in [0.25, 0.3) is 93.5 Å². The van der Waals surface area contributed by atoms with Gasteiger partial charge in [0, 0.05) is 21.7 Å².